The zero-order chi connectivity index (χ0) is 14.1. The van der Waals surface area contributed by atoms with Crippen LogP contribution in [0.3, 0.4) is 0 Å². The number of likely N-dealkylation sites (N-methyl/N-ethyl adjacent to an activating group) is 1. The molecule has 6 nitrogen and oxygen atoms in total. The van der Waals surface area contributed by atoms with Crippen molar-refractivity contribution in [1.29, 1.82) is 0 Å². The lowest BCUT2D eigenvalue weighted by atomic mass is 10.2. The maximum atomic E-state index is 11.8. The highest BCUT2D eigenvalue weighted by Gasteiger charge is 2.19. The molecule has 1 heterocycles. The van der Waals surface area contributed by atoms with Gasteiger partial charge in [-0.2, -0.15) is 0 Å². The first-order chi connectivity index (χ1) is 9.13. The molecular formula is C13H27N3O3. The van der Waals surface area contributed by atoms with Gasteiger partial charge in [-0.3, -0.25) is 4.79 Å². The van der Waals surface area contributed by atoms with Crippen molar-refractivity contribution in [1.82, 2.24) is 15.5 Å². The Labute approximate surface area is 115 Å². The number of carbonyl (C=O) groups excluding carboxylic acids is 1. The highest BCUT2D eigenvalue weighted by Crippen LogP contribution is 2.01. The highest BCUT2D eigenvalue weighted by atomic mass is 16.5. The number of hydrogen-bond acceptors (Lipinski definition) is 5. The summed E-state index contributed by atoms with van der Waals surface area (Å²) < 4.78 is 10.6. The molecule has 6 heteroatoms. The molecule has 0 spiro atoms. The second-order valence-corrected chi connectivity index (χ2v) is 5.02. The van der Waals surface area contributed by atoms with E-state index in [-0.39, 0.29) is 18.1 Å². The number of amides is 1. The SMILES string of the molecule is COCCCNC(=O)C(C)NCC1CN(C)CCO1. The molecule has 1 aliphatic rings. The number of rotatable bonds is 8. The van der Waals surface area contributed by atoms with Crippen molar-refractivity contribution in [3.05, 3.63) is 0 Å². The predicted molar refractivity (Wildman–Crippen MR) is 74.2 cm³/mol. The Morgan fingerprint density at radius 1 is 1.58 bits per heavy atom. The molecule has 0 aromatic rings. The Bertz CT molecular complexity index is 264. The van der Waals surface area contributed by atoms with Crippen molar-refractivity contribution < 1.29 is 14.3 Å². The largest absolute Gasteiger partial charge is 0.385 e. The van der Waals surface area contributed by atoms with Crippen LogP contribution in [0.2, 0.25) is 0 Å². The van der Waals surface area contributed by atoms with Gasteiger partial charge < -0.3 is 25.0 Å². The van der Waals surface area contributed by atoms with E-state index in [1.807, 2.05) is 6.92 Å². The van der Waals surface area contributed by atoms with Crippen LogP contribution in [0.1, 0.15) is 13.3 Å². The standard InChI is InChI=1S/C13H27N3O3/c1-11(13(17)14-5-4-7-18-3)15-9-12-10-16(2)6-8-19-12/h11-12,15H,4-10H2,1-3H3,(H,14,17). The summed E-state index contributed by atoms with van der Waals surface area (Å²) >= 11 is 0. The van der Waals surface area contributed by atoms with E-state index in [0.717, 1.165) is 26.1 Å². The first-order valence-corrected chi connectivity index (χ1v) is 6.93. The Kier molecular flexibility index (Phi) is 7.97. The molecule has 1 aliphatic heterocycles. The summed E-state index contributed by atoms with van der Waals surface area (Å²) in [5.41, 5.74) is 0. The molecule has 2 atom stereocenters. The number of carbonyl (C=O) groups is 1. The molecule has 2 unspecified atom stereocenters. The zero-order valence-electron chi connectivity index (χ0n) is 12.3. The summed E-state index contributed by atoms with van der Waals surface area (Å²) in [6.45, 7) is 6.56. The number of nitrogens with one attached hydrogen (secondary N) is 2. The third-order valence-electron chi connectivity index (χ3n) is 3.21. The Morgan fingerprint density at radius 3 is 3.05 bits per heavy atom. The number of morpholine rings is 1. The van der Waals surface area contributed by atoms with E-state index in [1.165, 1.54) is 0 Å². The van der Waals surface area contributed by atoms with Crippen LogP contribution in [-0.2, 0) is 14.3 Å². The zero-order valence-corrected chi connectivity index (χ0v) is 12.3. The molecule has 1 saturated heterocycles. The Hall–Kier alpha value is -0.690. The highest BCUT2D eigenvalue weighted by molar-refractivity contribution is 5.81. The number of methoxy groups -OCH3 is 1. The molecule has 19 heavy (non-hydrogen) atoms. The van der Waals surface area contributed by atoms with Crippen LogP contribution < -0.4 is 10.6 Å². The second-order valence-electron chi connectivity index (χ2n) is 5.02. The van der Waals surface area contributed by atoms with Crippen molar-refractivity contribution in [2.45, 2.75) is 25.5 Å². The van der Waals surface area contributed by atoms with Crippen molar-refractivity contribution in [2.75, 3.05) is 53.6 Å². The second kappa shape index (κ2) is 9.25. The molecule has 0 aliphatic carbocycles. The molecule has 112 valence electrons. The fourth-order valence-electron chi connectivity index (χ4n) is 1.97. The first kappa shape index (κ1) is 16.4. The van der Waals surface area contributed by atoms with E-state index in [1.54, 1.807) is 7.11 Å². The van der Waals surface area contributed by atoms with Gasteiger partial charge in [-0.05, 0) is 20.4 Å². The normalized spacial score (nSPS) is 22.2. The molecule has 1 rings (SSSR count). The van der Waals surface area contributed by atoms with Gasteiger partial charge in [-0.15, -0.1) is 0 Å². The van der Waals surface area contributed by atoms with E-state index in [2.05, 4.69) is 22.6 Å². The fraction of sp³-hybridized carbons (Fsp3) is 0.923. The van der Waals surface area contributed by atoms with E-state index >= 15 is 0 Å². The summed E-state index contributed by atoms with van der Waals surface area (Å²) in [6, 6.07) is -0.196. The fourth-order valence-corrected chi connectivity index (χ4v) is 1.97. The van der Waals surface area contributed by atoms with Crippen molar-refractivity contribution in [2.24, 2.45) is 0 Å². The predicted octanol–water partition coefficient (Wildman–Crippen LogP) is -0.552. The van der Waals surface area contributed by atoms with Gasteiger partial charge in [-0.1, -0.05) is 0 Å². The maximum Gasteiger partial charge on any atom is 0.236 e. The van der Waals surface area contributed by atoms with E-state index < -0.39 is 0 Å². The van der Waals surface area contributed by atoms with E-state index in [4.69, 9.17) is 9.47 Å². The molecule has 0 bridgehead atoms. The van der Waals surface area contributed by atoms with Crippen molar-refractivity contribution >= 4 is 5.91 Å². The quantitative estimate of drug-likeness (QED) is 0.581. The maximum absolute atomic E-state index is 11.8. The number of nitrogens with zero attached hydrogens (tertiary/aromatic N) is 1. The summed E-state index contributed by atoms with van der Waals surface area (Å²) in [5, 5.41) is 6.10. The van der Waals surface area contributed by atoms with Crippen LogP contribution in [0.25, 0.3) is 0 Å². The lowest BCUT2D eigenvalue weighted by Crippen LogP contribution is -2.49. The van der Waals surface area contributed by atoms with Crippen LogP contribution in [-0.4, -0.2) is 76.5 Å². The average molecular weight is 273 g/mol. The van der Waals surface area contributed by atoms with Crippen LogP contribution in [0.4, 0.5) is 0 Å². The van der Waals surface area contributed by atoms with Gasteiger partial charge in [0.15, 0.2) is 0 Å². The molecule has 0 aromatic heterocycles. The minimum Gasteiger partial charge on any atom is -0.385 e. The van der Waals surface area contributed by atoms with Gasteiger partial charge in [0.25, 0.3) is 0 Å². The van der Waals surface area contributed by atoms with Gasteiger partial charge in [0.1, 0.15) is 0 Å². The van der Waals surface area contributed by atoms with Gasteiger partial charge >= 0.3 is 0 Å². The Morgan fingerprint density at radius 2 is 2.37 bits per heavy atom. The molecule has 0 radical (unpaired) electrons. The van der Waals surface area contributed by atoms with Crippen LogP contribution >= 0.6 is 0 Å². The molecule has 2 N–H and O–H groups in total. The summed E-state index contributed by atoms with van der Waals surface area (Å²) in [7, 11) is 3.74. The monoisotopic (exact) mass is 273 g/mol. The third kappa shape index (κ3) is 6.87. The summed E-state index contributed by atoms with van der Waals surface area (Å²) in [6.07, 6.45) is 1.01. The van der Waals surface area contributed by atoms with Crippen molar-refractivity contribution in [3.63, 3.8) is 0 Å². The average Bonchev–Trinajstić information content (AvgIpc) is 2.41. The van der Waals surface area contributed by atoms with Crippen LogP contribution in [0.15, 0.2) is 0 Å². The van der Waals surface area contributed by atoms with Gasteiger partial charge in [-0.25, -0.2) is 0 Å². The van der Waals surface area contributed by atoms with Gasteiger partial charge in [0, 0.05) is 39.9 Å². The molecular weight excluding hydrogens is 246 g/mol. The van der Waals surface area contributed by atoms with Gasteiger partial charge in [0.2, 0.25) is 5.91 Å². The molecule has 0 saturated carbocycles. The third-order valence-corrected chi connectivity index (χ3v) is 3.21. The number of ether oxygens (including phenoxy) is 2. The van der Waals surface area contributed by atoms with Crippen molar-refractivity contribution in [3.8, 4) is 0 Å². The number of hydrogen-bond donors (Lipinski definition) is 2. The molecule has 1 amide bonds. The minimum atomic E-state index is -0.196. The first-order valence-electron chi connectivity index (χ1n) is 6.93. The summed E-state index contributed by atoms with van der Waals surface area (Å²) in [4.78, 5) is 14.0. The minimum absolute atomic E-state index is 0.0280. The smallest absolute Gasteiger partial charge is 0.236 e. The summed E-state index contributed by atoms with van der Waals surface area (Å²) in [5.74, 6) is 0.0280. The Balaban J connectivity index is 2.11. The topological polar surface area (TPSA) is 62.8 Å². The molecule has 1 fully saturated rings. The van der Waals surface area contributed by atoms with Crippen LogP contribution in [0, 0.1) is 0 Å². The molecule has 0 aromatic carbocycles. The van der Waals surface area contributed by atoms with E-state index in [9.17, 15) is 4.79 Å². The van der Waals surface area contributed by atoms with E-state index in [0.29, 0.717) is 19.7 Å². The van der Waals surface area contributed by atoms with Crippen LogP contribution in [0.5, 0.6) is 0 Å². The van der Waals surface area contributed by atoms with Gasteiger partial charge in [0.05, 0.1) is 18.8 Å². The lowest BCUT2D eigenvalue weighted by molar-refractivity contribution is -0.123. The lowest BCUT2D eigenvalue weighted by Gasteiger charge is -2.30.